The molecule has 4 unspecified atom stereocenters. The Morgan fingerprint density at radius 2 is 0.800 bits per heavy atom. The number of aliphatic hydroxyl groups is 4. The van der Waals surface area contributed by atoms with Crippen LogP contribution in [0.15, 0.2) is 24.3 Å². The normalized spacial score (nSPS) is 14.2. The van der Waals surface area contributed by atoms with Gasteiger partial charge in [-0.05, 0) is 44.9 Å². The summed E-state index contributed by atoms with van der Waals surface area (Å²) >= 11 is 0. The van der Waals surface area contributed by atoms with Crippen molar-refractivity contribution >= 4 is 5.91 Å². The maximum atomic E-state index is 12.5. The van der Waals surface area contributed by atoms with Crippen LogP contribution in [0, 0.1) is 0 Å². The topological polar surface area (TPSA) is 110 Å². The third-order valence-corrected chi connectivity index (χ3v) is 11.4. The molecule has 0 radical (unpaired) electrons. The molecule has 0 aromatic rings. The van der Waals surface area contributed by atoms with E-state index < -0.39 is 36.9 Å². The SMILES string of the molecule is CC/C=C/CC/C=C/CCCC(O)C(O)C(CO)NC(=O)C(O)CCCCCCCCCCCCCCCCCCCCCCCCCCCCCCCC. The number of allylic oxidation sites excluding steroid dienone is 4. The van der Waals surface area contributed by atoms with Gasteiger partial charge in [0, 0.05) is 0 Å². The van der Waals surface area contributed by atoms with Gasteiger partial charge in [0.05, 0.1) is 18.8 Å². The molecule has 0 saturated heterocycles. The van der Waals surface area contributed by atoms with E-state index in [1.165, 1.54) is 173 Å². The second kappa shape index (κ2) is 43.9. The molecule has 0 aliphatic carbocycles. The van der Waals surface area contributed by atoms with Gasteiger partial charge in [-0.2, -0.15) is 0 Å². The predicted octanol–water partition coefficient (Wildman–Crippen LogP) is 13.1. The zero-order chi connectivity index (χ0) is 40.3. The third kappa shape index (κ3) is 38.1. The lowest BCUT2D eigenvalue weighted by molar-refractivity contribution is -0.132. The molecule has 5 N–H and O–H groups in total. The van der Waals surface area contributed by atoms with E-state index in [4.69, 9.17) is 0 Å². The molecule has 0 aromatic heterocycles. The largest absolute Gasteiger partial charge is 0.394 e. The Morgan fingerprint density at radius 1 is 0.455 bits per heavy atom. The number of aliphatic hydroxyl groups excluding tert-OH is 4. The Morgan fingerprint density at radius 3 is 1.16 bits per heavy atom. The molecule has 0 rings (SSSR count). The van der Waals surface area contributed by atoms with Gasteiger partial charge < -0.3 is 25.7 Å². The van der Waals surface area contributed by atoms with Crippen molar-refractivity contribution in [3.8, 4) is 0 Å². The molecule has 6 heteroatoms. The lowest BCUT2D eigenvalue weighted by Gasteiger charge is -2.27. The molecule has 0 aromatic carbocycles. The quantitative estimate of drug-likeness (QED) is 0.0313. The first-order valence-corrected chi connectivity index (χ1v) is 24.2. The molecule has 1 amide bonds. The molecular formula is C49H95NO5. The van der Waals surface area contributed by atoms with Crippen LogP contribution >= 0.6 is 0 Å². The van der Waals surface area contributed by atoms with Gasteiger partial charge in [0.25, 0.3) is 0 Å². The minimum Gasteiger partial charge on any atom is -0.394 e. The van der Waals surface area contributed by atoms with Crippen LogP contribution in [0.1, 0.15) is 251 Å². The summed E-state index contributed by atoms with van der Waals surface area (Å²) in [6.45, 7) is 3.92. The predicted molar refractivity (Wildman–Crippen MR) is 237 cm³/mol. The summed E-state index contributed by atoms with van der Waals surface area (Å²) in [6.07, 6.45) is 51.2. The summed E-state index contributed by atoms with van der Waals surface area (Å²) in [5.41, 5.74) is 0. The standard InChI is InChI=1S/C49H95NO5/c1-3-5-7-9-11-13-14-15-16-17-18-19-20-21-22-23-24-25-26-27-28-29-30-31-32-33-35-37-39-41-43-47(53)49(55)50-45(44-51)48(54)46(52)42-40-38-36-34-12-10-8-6-4-2/h6,8,34,36,45-48,51-54H,3-5,7,9-33,35,37-44H2,1-2H3,(H,50,55)/b8-6+,36-34+. The van der Waals surface area contributed by atoms with Crippen LogP contribution in [0.3, 0.4) is 0 Å². The van der Waals surface area contributed by atoms with Crippen LogP contribution in [-0.2, 0) is 4.79 Å². The highest BCUT2D eigenvalue weighted by molar-refractivity contribution is 5.80. The van der Waals surface area contributed by atoms with Crippen LogP contribution in [0.2, 0.25) is 0 Å². The molecule has 55 heavy (non-hydrogen) atoms. The Labute approximate surface area is 342 Å². The molecule has 0 bridgehead atoms. The van der Waals surface area contributed by atoms with Crippen molar-refractivity contribution < 1.29 is 25.2 Å². The summed E-state index contributed by atoms with van der Waals surface area (Å²) in [5.74, 6) is -0.597. The van der Waals surface area contributed by atoms with Crippen LogP contribution in [0.5, 0.6) is 0 Å². The highest BCUT2D eigenvalue weighted by atomic mass is 16.3. The van der Waals surface area contributed by atoms with E-state index in [-0.39, 0.29) is 0 Å². The number of amides is 1. The van der Waals surface area contributed by atoms with E-state index in [0.717, 1.165) is 44.9 Å². The Balaban J connectivity index is 3.53. The molecule has 326 valence electrons. The van der Waals surface area contributed by atoms with E-state index in [1.807, 2.05) is 0 Å². The van der Waals surface area contributed by atoms with Gasteiger partial charge >= 0.3 is 0 Å². The number of hydrogen-bond donors (Lipinski definition) is 5. The monoisotopic (exact) mass is 778 g/mol. The second-order valence-corrected chi connectivity index (χ2v) is 16.8. The van der Waals surface area contributed by atoms with E-state index in [2.05, 4.69) is 43.5 Å². The molecule has 0 aliphatic heterocycles. The van der Waals surface area contributed by atoms with Crippen LogP contribution in [0.25, 0.3) is 0 Å². The minimum atomic E-state index is -1.28. The van der Waals surface area contributed by atoms with Gasteiger partial charge in [0.2, 0.25) is 5.91 Å². The fourth-order valence-electron chi connectivity index (χ4n) is 7.61. The molecular weight excluding hydrogens is 683 g/mol. The van der Waals surface area contributed by atoms with Crippen molar-refractivity contribution in [3.63, 3.8) is 0 Å². The first-order chi connectivity index (χ1) is 27.0. The van der Waals surface area contributed by atoms with Crippen molar-refractivity contribution in [2.75, 3.05) is 6.61 Å². The van der Waals surface area contributed by atoms with E-state index in [1.54, 1.807) is 0 Å². The van der Waals surface area contributed by atoms with Crippen LogP contribution in [-0.4, -0.2) is 57.3 Å². The Hall–Kier alpha value is -1.21. The summed E-state index contributed by atoms with van der Waals surface area (Å²) in [7, 11) is 0. The molecule has 0 saturated carbocycles. The van der Waals surface area contributed by atoms with Gasteiger partial charge in [-0.3, -0.25) is 4.79 Å². The zero-order valence-electron chi connectivity index (χ0n) is 36.7. The fraction of sp³-hybridized carbons (Fsp3) is 0.898. The molecule has 0 spiro atoms. The Kier molecular flexibility index (Phi) is 42.9. The fourth-order valence-corrected chi connectivity index (χ4v) is 7.61. The van der Waals surface area contributed by atoms with E-state index >= 15 is 0 Å². The first kappa shape index (κ1) is 53.8. The van der Waals surface area contributed by atoms with Crippen molar-refractivity contribution in [1.82, 2.24) is 5.32 Å². The summed E-state index contributed by atoms with van der Waals surface area (Å²) in [4.78, 5) is 12.5. The highest BCUT2D eigenvalue weighted by Gasteiger charge is 2.28. The number of unbranched alkanes of at least 4 members (excludes halogenated alkanes) is 31. The number of nitrogens with one attached hydrogen (secondary N) is 1. The lowest BCUT2D eigenvalue weighted by atomic mass is 10.00. The average Bonchev–Trinajstić information content (AvgIpc) is 3.19. The maximum Gasteiger partial charge on any atom is 0.249 e. The molecule has 6 nitrogen and oxygen atoms in total. The van der Waals surface area contributed by atoms with Crippen LogP contribution < -0.4 is 5.32 Å². The second-order valence-electron chi connectivity index (χ2n) is 16.8. The first-order valence-electron chi connectivity index (χ1n) is 24.2. The van der Waals surface area contributed by atoms with Gasteiger partial charge in [-0.15, -0.1) is 0 Å². The summed E-state index contributed by atoms with van der Waals surface area (Å²) in [6, 6.07) is -1.00. The van der Waals surface area contributed by atoms with Gasteiger partial charge in [-0.1, -0.05) is 231 Å². The van der Waals surface area contributed by atoms with Gasteiger partial charge in [-0.25, -0.2) is 0 Å². The number of carbonyl (C=O) groups is 1. The van der Waals surface area contributed by atoms with Crippen molar-refractivity contribution in [3.05, 3.63) is 24.3 Å². The maximum absolute atomic E-state index is 12.5. The van der Waals surface area contributed by atoms with E-state index in [9.17, 15) is 25.2 Å². The number of carbonyl (C=O) groups excluding carboxylic acids is 1. The number of hydrogen-bond acceptors (Lipinski definition) is 5. The van der Waals surface area contributed by atoms with Crippen molar-refractivity contribution in [2.24, 2.45) is 0 Å². The summed E-state index contributed by atoms with van der Waals surface area (Å²) in [5, 5.41) is 43.5. The van der Waals surface area contributed by atoms with Gasteiger partial charge in [0.1, 0.15) is 12.2 Å². The highest BCUT2D eigenvalue weighted by Crippen LogP contribution is 2.17. The molecule has 0 fully saturated rings. The molecule has 4 atom stereocenters. The smallest absolute Gasteiger partial charge is 0.249 e. The van der Waals surface area contributed by atoms with E-state index in [0.29, 0.717) is 19.3 Å². The third-order valence-electron chi connectivity index (χ3n) is 11.4. The minimum absolute atomic E-state index is 0.364. The Bertz CT molecular complexity index is 832. The number of rotatable bonds is 44. The van der Waals surface area contributed by atoms with Crippen LogP contribution in [0.4, 0.5) is 0 Å². The molecule has 0 heterocycles. The zero-order valence-corrected chi connectivity index (χ0v) is 36.7. The average molecular weight is 778 g/mol. The van der Waals surface area contributed by atoms with Crippen molar-refractivity contribution in [1.29, 1.82) is 0 Å². The molecule has 0 aliphatic rings. The van der Waals surface area contributed by atoms with Gasteiger partial charge in [0.15, 0.2) is 0 Å². The summed E-state index contributed by atoms with van der Waals surface area (Å²) < 4.78 is 0. The van der Waals surface area contributed by atoms with Crippen molar-refractivity contribution in [2.45, 2.75) is 276 Å². The lowest BCUT2D eigenvalue weighted by Crippen LogP contribution is -2.53.